The van der Waals surface area contributed by atoms with E-state index in [1.54, 1.807) is 0 Å². The zero-order valence-corrected chi connectivity index (χ0v) is 14.7. The minimum atomic E-state index is -0.0405. The highest BCUT2D eigenvalue weighted by Crippen LogP contribution is 2.40. The highest BCUT2D eigenvalue weighted by atomic mass is 16.3. The molecule has 0 saturated heterocycles. The Morgan fingerprint density at radius 1 is 0.952 bits per heavy atom. The van der Waals surface area contributed by atoms with Crippen LogP contribution in [0, 0.1) is 0 Å². The van der Waals surface area contributed by atoms with Gasteiger partial charge in [-0.25, -0.2) is 0 Å². The molecule has 1 nitrogen and oxygen atoms in total. The normalized spacial score (nSPS) is 12.5. The Morgan fingerprint density at radius 3 is 1.81 bits per heavy atom. The summed E-state index contributed by atoms with van der Waals surface area (Å²) in [4.78, 5) is 0. The van der Waals surface area contributed by atoms with Gasteiger partial charge in [0.15, 0.2) is 0 Å². The van der Waals surface area contributed by atoms with Crippen molar-refractivity contribution in [3.05, 3.63) is 41.5 Å². The first kappa shape index (κ1) is 17.8. The molecule has 118 valence electrons. The predicted molar refractivity (Wildman–Crippen MR) is 93.3 cm³/mol. The fourth-order valence-electron chi connectivity index (χ4n) is 2.60. The highest BCUT2D eigenvalue weighted by molar-refractivity contribution is 5.49. The lowest BCUT2D eigenvalue weighted by molar-refractivity contribution is 0.422. The van der Waals surface area contributed by atoms with Crippen LogP contribution in [0.4, 0.5) is 0 Å². The summed E-state index contributed by atoms with van der Waals surface area (Å²) in [5.74, 6) is 0.477. The number of phenols is 1. The molecule has 1 aromatic rings. The van der Waals surface area contributed by atoms with E-state index in [2.05, 4.69) is 60.3 Å². The summed E-state index contributed by atoms with van der Waals surface area (Å²) in [6.45, 7) is 16.8. The maximum atomic E-state index is 10.7. The summed E-state index contributed by atoms with van der Waals surface area (Å²) >= 11 is 0. The standard InChI is InChI=1S/C20H32O/c1-8-9-10-11-12-15-13-16(19(2,3)4)18(21)17(14-15)20(5,6)7/h8,13-14,21H,1,9-12H2,2-7H3. The van der Waals surface area contributed by atoms with Gasteiger partial charge in [0, 0.05) is 0 Å². The van der Waals surface area contributed by atoms with Gasteiger partial charge >= 0.3 is 0 Å². The molecule has 0 aliphatic rings. The van der Waals surface area contributed by atoms with Gasteiger partial charge in [-0.1, -0.05) is 59.8 Å². The van der Waals surface area contributed by atoms with E-state index in [0.29, 0.717) is 5.75 Å². The van der Waals surface area contributed by atoms with E-state index in [9.17, 15) is 5.11 Å². The predicted octanol–water partition coefficient (Wildman–Crippen LogP) is 5.89. The van der Waals surface area contributed by atoms with Crippen LogP contribution in [-0.2, 0) is 17.3 Å². The molecule has 0 aromatic heterocycles. The third kappa shape index (κ3) is 4.91. The first-order valence-corrected chi connectivity index (χ1v) is 8.05. The van der Waals surface area contributed by atoms with E-state index in [-0.39, 0.29) is 10.8 Å². The zero-order valence-electron chi connectivity index (χ0n) is 14.7. The molecular formula is C20H32O. The van der Waals surface area contributed by atoms with E-state index < -0.39 is 0 Å². The number of hydrogen-bond donors (Lipinski definition) is 1. The minimum Gasteiger partial charge on any atom is -0.507 e. The molecule has 1 N–H and O–H groups in total. The lowest BCUT2D eigenvalue weighted by Crippen LogP contribution is -2.18. The second kappa shape index (κ2) is 6.68. The summed E-state index contributed by atoms with van der Waals surface area (Å²) in [5.41, 5.74) is 3.39. The minimum absolute atomic E-state index is 0.0405. The molecule has 0 fully saturated rings. The summed E-state index contributed by atoms with van der Waals surface area (Å²) in [7, 11) is 0. The monoisotopic (exact) mass is 288 g/mol. The molecule has 0 atom stereocenters. The molecule has 1 aromatic carbocycles. The van der Waals surface area contributed by atoms with E-state index in [4.69, 9.17) is 0 Å². The topological polar surface area (TPSA) is 20.2 Å². The van der Waals surface area contributed by atoms with Gasteiger partial charge in [0.1, 0.15) is 5.75 Å². The Kier molecular flexibility index (Phi) is 5.67. The Hall–Kier alpha value is -1.24. The third-order valence-electron chi connectivity index (χ3n) is 3.91. The van der Waals surface area contributed by atoms with Crippen LogP contribution in [-0.4, -0.2) is 5.11 Å². The molecule has 0 aliphatic heterocycles. The average Bonchev–Trinajstić information content (AvgIpc) is 2.33. The maximum absolute atomic E-state index is 10.7. The molecule has 0 aliphatic carbocycles. The van der Waals surface area contributed by atoms with E-state index in [1.165, 1.54) is 18.4 Å². The summed E-state index contributed by atoms with van der Waals surface area (Å²) in [5, 5.41) is 10.7. The largest absolute Gasteiger partial charge is 0.507 e. The lowest BCUT2D eigenvalue weighted by Gasteiger charge is -2.28. The number of benzene rings is 1. The number of aryl methyl sites for hydroxylation is 1. The molecule has 1 rings (SSSR count). The van der Waals surface area contributed by atoms with Crippen molar-refractivity contribution in [3.63, 3.8) is 0 Å². The number of allylic oxidation sites excluding steroid dienone is 1. The van der Waals surface area contributed by atoms with Crippen LogP contribution < -0.4 is 0 Å². The van der Waals surface area contributed by atoms with Gasteiger partial charge in [-0.05, 0) is 53.2 Å². The smallest absolute Gasteiger partial charge is 0.123 e. The molecule has 0 amide bonds. The van der Waals surface area contributed by atoms with Crippen LogP contribution in [0.2, 0.25) is 0 Å². The van der Waals surface area contributed by atoms with Gasteiger partial charge in [0.2, 0.25) is 0 Å². The molecule has 0 bridgehead atoms. The van der Waals surface area contributed by atoms with Crippen LogP contribution in [0.15, 0.2) is 24.8 Å². The molecule has 21 heavy (non-hydrogen) atoms. The Bertz CT molecular complexity index is 449. The molecule has 0 unspecified atom stereocenters. The van der Waals surface area contributed by atoms with E-state index in [1.807, 2.05) is 6.08 Å². The lowest BCUT2D eigenvalue weighted by atomic mass is 9.78. The van der Waals surface area contributed by atoms with Crippen molar-refractivity contribution in [2.24, 2.45) is 0 Å². The van der Waals surface area contributed by atoms with Gasteiger partial charge in [-0.15, -0.1) is 6.58 Å². The maximum Gasteiger partial charge on any atom is 0.123 e. The summed E-state index contributed by atoms with van der Waals surface area (Å²) in [6, 6.07) is 4.39. The number of unbranched alkanes of at least 4 members (excludes halogenated alkanes) is 2. The van der Waals surface area contributed by atoms with Crippen molar-refractivity contribution in [1.29, 1.82) is 0 Å². The van der Waals surface area contributed by atoms with Crippen LogP contribution in [0.1, 0.15) is 77.5 Å². The Morgan fingerprint density at radius 2 is 1.43 bits per heavy atom. The van der Waals surface area contributed by atoms with Crippen LogP contribution in [0.25, 0.3) is 0 Å². The number of hydrogen-bond acceptors (Lipinski definition) is 1. The number of aromatic hydroxyl groups is 1. The number of phenolic OH excluding ortho intramolecular Hbond substituents is 1. The Balaban J connectivity index is 3.18. The molecule has 0 spiro atoms. The molecule has 0 heterocycles. The van der Waals surface area contributed by atoms with Gasteiger partial charge in [0.05, 0.1) is 0 Å². The van der Waals surface area contributed by atoms with E-state index >= 15 is 0 Å². The zero-order chi connectivity index (χ0) is 16.3. The average molecular weight is 288 g/mol. The highest BCUT2D eigenvalue weighted by Gasteiger charge is 2.26. The van der Waals surface area contributed by atoms with Gasteiger partial charge in [-0.2, -0.15) is 0 Å². The fourth-order valence-corrected chi connectivity index (χ4v) is 2.60. The summed E-state index contributed by atoms with van der Waals surface area (Å²) < 4.78 is 0. The third-order valence-corrected chi connectivity index (χ3v) is 3.91. The second-order valence-corrected chi connectivity index (χ2v) is 8.07. The van der Waals surface area contributed by atoms with Crippen LogP contribution in [0.5, 0.6) is 5.75 Å². The molecule has 0 saturated carbocycles. The second-order valence-electron chi connectivity index (χ2n) is 8.07. The molecule has 1 heteroatoms. The van der Waals surface area contributed by atoms with Gasteiger partial charge < -0.3 is 5.11 Å². The van der Waals surface area contributed by atoms with Crippen molar-refractivity contribution >= 4 is 0 Å². The van der Waals surface area contributed by atoms with Crippen molar-refractivity contribution < 1.29 is 5.11 Å². The quantitative estimate of drug-likeness (QED) is 0.529. The Labute approximate surface area is 131 Å². The fraction of sp³-hybridized carbons (Fsp3) is 0.600. The number of rotatable bonds is 5. The van der Waals surface area contributed by atoms with Gasteiger partial charge in [0.25, 0.3) is 0 Å². The van der Waals surface area contributed by atoms with Crippen LogP contribution >= 0.6 is 0 Å². The van der Waals surface area contributed by atoms with Crippen molar-refractivity contribution in [2.45, 2.75) is 78.1 Å². The summed E-state index contributed by atoms with van der Waals surface area (Å²) in [6.07, 6.45) is 6.48. The SMILES string of the molecule is C=CCCCCc1cc(C(C)(C)C)c(O)c(C(C)(C)C)c1. The first-order valence-electron chi connectivity index (χ1n) is 8.05. The molecule has 0 radical (unpaired) electrons. The van der Waals surface area contributed by atoms with Crippen molar-refractivity contribution in [3.8, 4) is 5.75 Å². The first-order chi connectivity index (χ1) is 9.57. The van der Waals surface area contributed by atoms with Crippen molar-refractivity contribution in [2.75, 3.05) is 0 Å². The van der Waals surface area contributed by atoms with Crippen LogP contribution in [0.3, 0.4) is 0 Å². The molecular weight excluding hydrogens is 256 g/mol. The van der Waals surface area contributed by atoms with Gasteiger partial charge in [-0.3, -0.25) is 0 Å². The van der Waals surface area contributed by atoms with E-state index in [0.717, 1.165) is 24.0 Å². The van der Waals surface area contributed by atoms with Crippen molar-refractivity contribution in [1.82, 2.24) is 0 Å².